The summed E-state index contributed by atoms with van der Waals surface area (Å²) < 4.78 is 5.23. The first-order valence-corrected chi connectivity index (χ1v) is 4.72. The molecule has 2 atom stereocenters. The molecule has 0 saturated carbocycles. The Balaban J connectivity index is 1.96. The number of fused-ring (bicyclic) bond motifs is 2. The van der Waals surface area contributed by atoms with Crippen molar-refractivity contribution in [2.24, 2.45) is 11.8 Å². The Labute approximate surface area is 78.3 Å². The quantitative estimate of drug-likeness (QED) is 0.372. The van der Waals surface area contributed by atoms with Crippen molar-refractivity contribution in [1.82, 2.24) is 0 Å². The van der Waals surface area contributed by atoms with Crippen molar-refractivity contribution in [3.8, 4) is 0 Å². The van der Waals surface area contributed by atoms with Gasteiger partial charge in [0.1, 0.15) is 12.9 Å². The molecule has 2 aliphatic carbocycles. The van der Waals surface area contributed by atoms with Gasteiger partial charge < -0.3 is 9.53 Å². The molecular formula is C11H14O2. The zero-order valence-corrected chi connectivity index (χ0v) is 7.82. The summed E-state index contributed by atoms with van der Waals surface area (Å²) in [5.74, 6) is 1.25. The Bertz CT molecular complexity index is 276. The summed E-state index contributed by atoms with van der Waals surface area (Å²) >= 11 is 0. The lowest BCUT2D eigenvalue weighted by Crippen LogP contribution is -2.06. The second-order valence-corrected chi connectivity index (χ2v) is 3.72. The average Bonchev–Trinajstić information content (AvgIpc) is 2.69. The molecule has 0 aliphatic heterocycles. The number of rotatable bonds is 4. The van der Waals surface area contributed by atoms with Crippen LogP contribution in [0.4, 0.5) is 0 Å². The van der Waals surface area contributed by atoms with Crippen LogP contribution < -0.4 is 0 Å². The minimum atomic E-state index is 0.220. The van der Waals surface area contributed by atoms with Crippen molar-refractivity contribution < 1.29 is 9.53 Å². The van der Waals surface area contributed by atoms with Gasteiger partial charge in [0.15, 0.2) is 0 Å². The summed E-state index contributed by atoms with van der Waals surface area (Å²) in [6.45, 7) is 3.03. The van der Waals surface area contributed by atoms with Crippen molar-refractivity contribution >= 4 is 6.29 Å². The summed E-state index contributed by atoms with van der Waals surface area (Å²) in [6, 6.07) is 0. The minimum absolute atomic E-state index is 0.220. The fourth-order valence-corrected chi connectivity index (χ4v) is 2.25. The van der Waals surface area contributed by atoms with Gasteiger partial charge in [0.05, 0.1) is 6.61 Å². The zero-order chi connectivity index (χ0) is 9.26. The maximum Gasteiger partial charge on any atom is 0.145 e. The molecule has 0 spiro atoms. The van der Waals surface area contributed by atoms with E-state index in [-0.39, 0.29) is 6.61 Å². The molecule has 70 valence electrons. The van der Waals surface area contributed by atoms with E-state index in [9.17, 15) is 4.79 Å². The molecule has 0 saturated heterocycles. The first-order chi connectivity index (χ1) is 6.33. The molecule has 0 aromatic heterocycles. The van der Waals surface area contributed by atoms with Crippen LogP contribution in [-0.2, 0) is 9.53 Å². The number of carbonyl (C=O) groups is 1. The molecule has 0 heterocycles. The van der Waals surface area contributed by atoms with Gasteiger partial charge in [-0.3, -0.25) is 0 Å². The van der Waals surface area contributed by atoms with E-state index in [1.54, 1.807) is 0 Å². The number of ether oxygens (including phenoxy) is 1. The van der Waals surface area contributed by atoms with Crippen LogP contribution in [0.15, 0.2) is 23.3 Å². The van der Waals surface area contributed by atoms with Crippen molar-refractivity contribution in [3.63, 3.8) is 0 Å². The third kappa shape index (κ3) is 1.46. The summed E-state index contributed by atoms with van der Waals surface area (Å²) in [5, 5.41) is 0. The topological polar surface area (TPSA) is 26.3 Å². The molecular weight excluding hydrogens is 164 g/mol. The Kier molecular flexibility index (Phi) is 2.32. The predicted molar refractivity (Wildman–Crippen MR) is 50.3 cm³/mol. The lowest BCUT2D eigenvalue weighted by atomic mass is 9.99. The maximum atomic E-state index is 10.1. The van der Waals surface area contributed by atoms with E-state index in [0.29, 0.717) is 18.4 Å². The van der Waals surface area contributed by atoms with Gasteiger partial charge in [-0.05, 0) is 24.8 Å². The van der Waals surface area contributed by atoms with Crippen molar-refractivity contribution in [2.75, 3.05) is 13.2 Å². The van der Waals surface area contributed by atoms with Gasteiger partial charge in [-0.15, -0.1) is 0 Å². The van der Waals surface area contributed by atoms with Crippen LogP contribution in [0.3, 0.4) is 0 Å². The second kappa shape index (κ2) is 3.46. The number of hydrogen-bond acceptors (Lipinski definition) is 2. The van der Waals surface area contributed by atoms with Crippen LogP contribution in [0, 0.1) is 11.8 Å². The van der Waals surface area contributed by atoms with E-state index in [1.807, 2.05) is 0 Å². The maximum absolute atomic E-state index is 10.1. The standard InChI is InChI=1S/C11H14O2/c1-8-9-2-3-10(6-9)11(8)7-13-5-4-12/h2-4,9-10H,5-7H2,1H3. The third-order valence-electron chi connectivity index (χ3n) is 3.04. The molecule has 13 heavy (non-hydrogen) atoms. The highest BCUT2D eigenvalue weighted by Gasteiger charge is 2.32. The second-order valence-electron chi connectivity index (χ2n) is 3.72. The highest BCUT2D eigenvalue weighted by atomic mass is 16.5. The molecule has 0 amide bonds. The number of allylic oxidation sites excluding steroid dienone is 3. The molecule has 2 aliphatic rings. The monoisotopic (exact) mass is 178 g/mol. The number of carbonyl (C=O) groups excluding carboxylic acids is 1. The van der Waals surface area contributed by atoms with E-state index < -0.39 is 0 Å². The fourth-order valence-electron chi connectivity index (χ4n) is 2.25. The fraction of sp³-hybridized carbons (Fsp3) is 0.545. The Hall–Kier alpha value is -0.890. The molecule has 0 aromatic rings. The van der Waals surface area contributed by atoms with Crippen molar-refractivity contribution in [2.45, 2.75) is 13.3 Å². The molecule has 0 aromatic carbocycles. The summed E-state index contributed by atoms with van der Waals surface area (Å²) in [4.78, 5) is 10.1. The summed E-state index contributed by atoms with van der Waals surface area (Å²) in [5.41, 5.74) is 2.85. The van der Waals surface area contributed by atoms with Gasteiger partial charge in [-0.25, -0.2) is 0 Å². The molecule has 2 rings (SSSR count). The van der Waals surface area contributed by atoms with Gasteiger partial charge in [0, 0.05) is 5.92 Å². The summed E-state index contributed by atoms with van der Waals surface area (Å²) in [6.07, 6.45) is 6.57. The zero-order valence-electron chi connectivity index (χ0n) is 7.82. The molecule has 0 fully saturated rings. The highest BCUT2D eigenvalue weighted by molar-refractivity contribution is 5.50. The molecule has 0 N–H and O–H groups in total. The number of aldehydes is 1. The van der Waals surface area contributed by atoms with E-state index in [2.05, 4.69) is 19.1 Å². The van der Waals surface area contributed by atoms with Crippen LogP contribution in [-0.4, -0.2) is 19.5 Å². The highest BCUT2D eigenvalue weighted by Crippen LogP contribution is 2.43. The van der Waals surface area contributed by atoms with Gasteiger partial charge >= 0.3 is 0 Å². The SMILES string of the molecule is CC1=C(COCC=O)C2C=CC1C2. The average molecular weight is 178 g/mol. The number of hydrogen-bond donors (Lipinski definition) is 0. The minimum Gasteiger partial charge on any atom is -0.370 e. The predicted octanol–water partition coefficient (Wildman–Crippen LogP) is 1.72. The third-order valence-corrected chi connectivity index (χ3v) is 3.04. The first-order valence-electron chi connectivity index (χ1n) is 4.72. The van der Waals surface area contributed by atoms with Crippen LogP contribution in [0.2, 0.25) is 0 Å². The normalized spacial score (nSPS) is 30.2. The van der Waals surface area contributed by atoms with E-state index in [0.717, 1.165) is 6.29 Å². The van der Waals surface area contributed by atoms with Crippen molar-refractivity contribution in [3.05, 3.63) is 23.3 Å². The van der Waals surface area contributed by atoms with E-state index >= 15 is 0 Å². The van der Waals surface area contributed by atoms with E-state index in [4.69, 9.17) is 4.74 Å². The van der Waals surface area contributed by atoms with Gasteiger partial charge in [0.25, 0.3) is 0 Å². The van der Waals surface area contributed by atoms with Crippen molar-refractivity contribution in [1.29, 1.82) is 0 Å². The van der Waals surface area contributed by atoms with Gasteiger partial charge in [0.2, 0.25) is 0 Å². The van der Waals surface area contributed by atoms with Gasteiger partial charge in [-0.2, -0.15) is 0 Å². The molecule has 0 radical (unpaired) electrons. The van der Waals surface area contributed by atoms with Crippen LogP contribution in [0.5, 0.6) is 0 Å². The largest absolute Gasteiger partial charge is 0.370 e. The Morgan fingerprint density at radius 3 is 2.92 bits per heavy atom. The lowest BCUT2D eigenvalue weighted by Gasteiger charge is -2.12. The van der Waals surface area contributed by atoms with Crippen LogP contribution >= 0.6 is 0 Å². The first kappa shape index (κ1) is 8.70. The van der Waals surface area contributed by atoms with Crippen LogP contribution in [0.1, 0.15) is 13.3 Å². The Morgan fingerprint density at radius 1 is 1.54 bits per heavy atom. The smallest absolute Gasteiger partial charge is 0.145 e. The van der Waals surface area contributed by atoms with Gasteiger partial charge in [-0.1, -0.05) is 17.7 Å². The summed E-state index contributed by atoms with van der Waals surface area (Å²) in [7, 11) is 0. The van der Waals surface area contributed by atoms with E-state index in [1.165, 1.54) is 17.6 Å². The molecule has 2 bridgehead atoms. The van der Waals surface area contributed by atoms with Crippen LogP contribution in [0.25, 0.3) is 0 Å². The molecule has 2 unspecified atom stereocenters. The lowest BCUT2D eigenvalue weighted by molar-refractivity contribution is -0.111. The molecule has 2 nitrogen and oxygen atoms in total. The Morgan fingerprint density at radius 2 is 2.31 bits per heavy atom. The molecule has 2 heteroatoms.